The van der Waals surface area contributed by atoms with Crippen LogP contribution in [-0.4, -0.2) is 22.3 Å². The van der Waals surface area contributed by atoms with E-state index in [0.29, 0.717) is 0 Å². The molecule has 0 aliphatic heterocycles. The van der Waals surface area contributed by atoms with Gasteiger partial charge in [-0.25, -0.2) is 0 Å². The molecule has 1 aliphatic carbocycles. The van der Waals surface area contributed by atoms with Crippen LogP contribution in [0, 0.1) is 0 Å². The van der Waals surface area contributed by atoms with Gasteiger partial charge < -0.3 is 10.1 Å². The monoisotopic (exact) mass is 278 g/mol. The lowest BCUT2D eigenvalue weighted by Crippen LogP contribution is -1.96. The largest absolute Gasteiger partial charge is 0.496 e. The zero-order chi connectivity index (χ0) is 14.2. The molecule has 0 radical (unpaired) electrons. The molecule has 0 bridgehead atoms. The Labute approximate surface area is 122 Å². The summed E-state index contributed by atoms with van der Waals surface area (Å²) in [7, 11) is 1.70. The number of anilines is 2. The number of nitrogens with one attached hydrogen (secondary N) is 2. The molecule has 2 aromatic heterocycles. The molecule has 2 heterocycles. The minimum atomic E-state index is 0.813. The number of aromatic nitrogens is 3. The third kappa shape index (κ3) is 1.86. The highest BCUT2D eigenvalue weighted by Gasteiger charge is 2.26. The first-order chi connectivity index (χ1) is 10.4. The Morgan fingerprint density at radius 1 is 1.19 bits per heavy atom. The van der Waals surface area contributed by atoms with E-state index in [1.807, 2.05) is 24.3 Å². The average Bonchev–Trinajstić information content (AvgIpc) is 3.08. The smallest absolute Gasteiger partial charge is 0.156 e. The van der Waals surface area contributed by atoms with Gasteiger partial charge in [-0.05, 0) is 18.2 Å². The molecule has 1 aromatic carbocycles. The minimum Gasteiger partial charge on any atom is -0.496 e. The van der Waals surface area contributed by atoms with E-state index in [9.17, 15) is 0 Å². The quantitative estimate of drug-likeness (QED) is 0.604. The molecule has 2 N–H and O–H groups in total. The Morgan fingerprint density at radius 2 is 2.14 bits per heavy atom. The molecule has 3 aromatic rings. The van der Waals surface area contributed by atoms with Crippen molar-refractivity contribution < 1.29 is 4.74 Å². The number of benzene rings is 1. The van der Waals surface area contributed by atoms with E-state index < -0.39 is 0 Å². The highest BCUT2D eigenvalue weighted by atomic mass is 16.5. The van der Waals surface area contributed by atoms with E-state index in [0.717, 1.165) is 34.9 Å². The molecule has 0 atom stereocenters. The molecule has 5 heteroatoms. The molecular formula is C16H14N4O. The first kappa shape index (κ1) is 12.0. The van der Waals surface area contributed by atoms with Crippen molar-refractivity contribution in [2.75, 3.05) is 12.4 Å². The normalized spacial score (nSPS) is 11.9. The van der Waals surface area contributed by atoms with Crippen LogP contribution in [0.3, 0.4) is 0 Å². The van der Waals surface area contributed by atoms with Crippen molar-refractivity contribution in [2.24, 2.45) is 0 Å². The van der Waals surface area contributed by atoms with E-state index in [2.05, 4.69) is 26.6 Å². The summed E-state index contributed by atoms with van der Waals surface area (Å²) in [5.74, 6) is 1.76. The summed E-state index contributed by atoms with van der Waals surface area (Å²) in [6, 6.07) is 9.95. The summed E-state index contributed by atoms with van der Waals surface area (Å²) >= 11 is 0. The summed E-state index contributed by atoms with van der Waals surface area (Å²) in [5, 5.41) is 10.8. The Hall–Kier alpha value is -2.82. The second kappa shape index (κ2) is 4.63. The number of fused-ring (bicyclic) bond motifs is 3. The molecule has 0 amide bonds. The Balaban J connectivity index is 1.73. The maximum absolute atomic E-state index is 5.45. The van der Waals surface area contributed by atoms with Crippen LogP contribution in [0.2, 0.25) is 0 Å². The molecule has 0 saturated heterocycles. The minimum absolute atomic E-state index is 0.813. The van der Waals surface area contributed by atoms with Gasteiger partial charge in [0.25, 0.3) is 0 Å². The predicted octanol–water partition coefficient (Wildman–Crippen LogP) is 3.13. The van der Waals surface area contributed by atoms with Crippen molar-refractivity contribution in [1.82, 2.24) is 15.2 Å². The van der Waals surface area contributed by atoms with Gasteiger partial charge in [0, 0.05) is 29.3 Å². The second-order valence-electron chi connectivity index (χ2n) is 4.96. The first-order valence-electron chi connectivity index (χ1n) is 6.77. The lowest BCUT2D eigenvalue weighted by atomic mass is 10.1. The lowest BCUT2D eigenvalue weighted by molar-refractivity contribution is 0.411. The molecule has 4 rings (SSSR count). The van der Waals surface area contributed by atoms with E-state index >= 15 is 0 Å². The molecule has 0 spiro atoms. The van der Waals surface area contributed by atoms with Crippen molar-refractivity contribution in [3.63, 3.8) is 0 Å². The molecular weight excluding hydrogens is 264 g/mol. The average molecular weight is 278 g/mol. The van der Waals surface area contributed by atoms with Crippen molar-refractivity contribution in [3.05, 3.63) is 53.9 Å². The van der Waals surface area contributed by atoms with Crippen LogP contribution >= 0.6 is 0 Å². The summed E-state index contributed by atoms with van der Waals surface area (Å²) in [4.78, 5) is 4.11. The van der Waals surface area contributed by atoms with Gasteiger partial charge in [0.1, 0.15) is 5.75 Å². The number of rotatable bonds is 3. The number of aromatic amines is 1. The standard InChI is InChI=1S/C16H14N4O/c1-21-14-6-2-5-11-12(14)8-13-15(11)19-20-16(13)18-10-4-3-7-17-9-10/h2-7,9H,8H2,1H3,(H2,18,19,20). The van der Waals surface area contributed by atoms with Crippen molar-refractivity contribution in [2.45, 2.75) is 6.42 Å². The summed E-state index contributed by atoms with van der Waals surface area (Å²) < 4.78 is 5.45. The first-order valence-corrected chi connectivity index (χ1v) is 6.77. The molecule has 0 unspecified atom stereocenters. The Kier molecular flexibility index (Phi) is 2.64. The highest BCUT2D eigenvalue weighted by molar-refractivity contribution is 5.81. The topological polar surface area (TPSA) is 62.8 Å². The maximum atomic E-state index is 5.45. The van der Waals surface area contributed by atoms with Crippen LogP contribution in [0.1, 0.15) is 11.1 Å². The molecule has 1 aliphatic rings. The van der Waals surface area contributed by atoms with Crippen LogP contribution in [0.25, 0.3) is 11.3 Å². The van der Waals surface area contributed by atoms with Gasteiger partial charge in [0.2, 0.25) is 0 Å². The number of pyridine rings is 1. The summed E-state index contributed by atoms with van der Waals surface area (Å²) in [6.07, 6.45) is 4.35. The Morgan fingerprint density at radius 3 is 2.95 bits per heavy atom. The van der Waals surface area contributed by atoms with E-state index in [1.165, 1.54) is 11.1 Å². The van der Waals surface area contributed by atoms with E-state index in [1.54, 1.807) is 19.5 Å². The fraction of sp³-hybridized carbons (Fsp3) is 0.125. The summed E-state index contributed by atoms with van der Waals surface area (Å²) in [6.45, 7) is 0. The second-order valence-corrected chi connectivity index (χ2v) is 4.96. The van der Waals surface area contributed by atoms with Gasteiger partial charge in [0.05, 0.1) is 24.7 Å². The third-order valence-electron chi connectivity index (χ3n) is 3.77. The Bertz CT molecular complexity index is 795. The van der Waals surface area contributed by atoms with Gasteiger partial charge in [-0.3, -0.25) is 10.1 Å². The van der Waals surface area contributed by atoms with E-state index in [4.69, 9.17) is 4.74 Å². The number of hydrogen-bond acceptors (Lipinski definition) is 4. The number of ether oxygens (including phenoxy) is 1. The van der Waals surface area contributed by atoms with Crippen LogP contribution in [0.5, 0.6) is 5.75 Å². The van der Waals surface area contributed by atoms with Crippen LogP contribution in [0.15, 0.2) is 42.7 Å². The van der Waals surface area contributed by atoms with Gasteiger partial charge in [-0.2, -0.15) is 5.10 Å². The molecule has 104 valence electrons. The van der Waals surface area contributed by atoms with Crippen molar-refractivity contribution >= 4 is 11.5 Å². The SMILES string of the molecule is COc1cccc2c1Cc1c(Nc3cccnc3)n[nH]c1-2. The number of nitrogens with zero attached hydrogens (tertiary/aromatic N) is 2. The van der Waals surface area contributed by atoms with Gasteiger partial charge in [-0.1, -0.05) is 12.1 Å². The van der Waals surface area contributed by atoms with Gasteiger partial charge in [-0.15, -0.1) is 0 Å². The van der Waals surface area contributed by atoms with E-state index in [-0.39, 0.29) is 0 Å². The number of H-pyrrole nitrogens is 1. The van der Waals surface area contributed by atoms with Crippen molar-refractivity contribution in [1.29, 1.82) is 0 Å². The highest BCUT2D eigenvalue weighted by Crippen LogP contribution is 2.42. The molecule has 0 fully saturated rings. The van der Waals surface area contributed by atoms with Crippen molar-refractivity contribution in [3.8, 4) is 17.0 Å². The fourth-order valence-electron chi connectivity index (χ4n) is 2.79. The fourth-order valence-corrected chi connectivity index (χ4v) is 2.79. The number of hydrogen-bond donors (Lipinski definition) is 2. The van der Waals surface area contributed by atoms with Crippen LogP contribution < -0.4 is 10.1 Å². The molecule has 21 heavy (non-hydrogen) atoms. The van der Waals surface area contributed by atoms with Gasteiger partial charge in [0.15, 0.2) is 5.82 Å². The van der Waals surface area contributed by atoms with Crippen LogP contribution in [0.4, 0.5) is 11.5 Å². The van der Waals surface area contributed by atoms with Crippen LogP contribution in [-0.2, 0) is 6.42 Å². The zero-order valence-electron chi connectivity index (χ0n) is 11.6. The number of methoxy groups -OCH3 is 1. The summed E-state index contributed by atoms with van der Waals surface area (Å²) in [5.41, 5.74) is 5.53. The zero-order valence-corrected chi connectivity index (χ0v) is 11.6. The maximum Gasteiger partial charge on any atom is 0.156 e. The van der Waals surface area contributed by atoms with Gasteiger partial charge >= 0.3 is 0 Å². The molecule has 5 nitrogen and oxygen atoms in total. The molecule has 0 saturated carbocycles. The predicted molar refractivity (Wildman–Crippen MR) is 80.9 cm³/mol. The lowest BCUT2D eigenvalue weighted by Gasteiger charge is -2.07. The third-order valence-corrected chi connectivity index (χ3v) is 3.77.